The lowest BCUT2D eigenvalue weighted by molar-refractivity contribution is 0.0683. The Morgan fingerprint density at radius 2 is 2.36 bits per heavy atom. The molecule has 0 bridgehead atoms. The fourth-order valence-corrected chi connectivity index (χ4v) is 2.14. The zero-order chi connectivity index (χ0) is 10.3. The first-order valence-corrected chi connectivity index (χ1v) is 4.87. The Hall–Kier alpha value is -1.32. The van der Waals surface area contributed by atoms with Gasteiger partial charge in [0, 0.05) is 12.6 Å². The van der Waals surface area contributed by atoms with Crippen molar-refractivity contribution in [2.24, 2.45) is 13.0 Å². The number of fused-ring (bicyclic) bond motifs is 1. The second kappa shape index (κ2) is 3.12. The number of carboxylic acids is 1. The van der Waals surface area contributed by atoms with Gasteiger partial charge in [-0.15, -0.1) is 0 Å². The Labute approximate surface area is 82.5 Å². The largest absolute Gasteiger partial charge is 0.477 e. The van der Waals surface area contributed by atoms with Crippen LogP contribution in [0.3, 0.4) is 0 Å². The molecule has 0 aromatic carbocycles. The number of hydrogen-bond donors (Lipinski definition) is 1. The summed E-state index contributed by atoms with van der Waals surface area (Å²) in [7, 11) is 1.70. The van der Waals surface area contributed by atoms with Crippen LogP contribution in [0.15, 0.2) is 0 Å². The fourth-order valence-electron chi connectivity index (χ4n) is 2.14. The van der Waals surface area contributed by atoms with Gasteiger partial charge >= 0.3 is 5.97 Å². The van der Waals surface area contributed by atoms with Crippen molar-refractivity contribution in [2.45, 2.75) is 26.2 Å². The average molecular weight is 194 g/mol. The standard InChI is InChI=1S/C10H14N2O2/c1-6-3-4-7-8(5-6)11-12(2)9(7)10(13)14/h6H,3-5H2,1-2H3,(H,13,14). The number of hydrogen-bond acceptors (Lipinski definition) is 2. The first kappa shape index (κ1) is 9.24. The van der Waals surface area contributed by atoms with Crippen molar-refractivity contribution in [3.63, 3.8) is 0 Å². The minimum atomic E-state index is -0.865. The fraction of sp³-hybridized carbons (Fsp3) is 0.600. The zero-order valence-corrected chi connectivity index (χ0v) is 8.45. The van der Waals surface area contributed by atoms with Crippen LogP contribution in [0.2, 0.25) is 0 Å². The van der Waals surface area contributed by atoms with Crippen LogP contribution < -0.4 is 0 Å². The normalized spacial score (nSPS) is 20.6. The van der Waals surface area contributed by atoms with Gasteiger partial charge in [0.2, 0.25) is 0 Å². The van der Waals surface area contributed by atoms with Gasteiger partial charge in [0.1, 0.15) is 5.69 Å². The Balaban J connectivity index is 2.49. The second-order valence-corrected chi connectivity index (χ2v) is 4.05. The summed E-state index contributed by atoms with van der Waals surface area (Å²) in [6.45, 7) is 2.18. The molecule has 1 unspecified atom stereocenters. The molecule has 1 aromatic heterocycles. The third kappa shape index (κ3) is 1.31. The van der Waals surface area contributed by atoms with Gasteiger partial charge in [-0.1, -0.05) is 6.92 Å². The van der Waals surface area contributed by atoms with Crippen LogP contribution in [0.4, 0.5) is 0 Å². The van der Waals surface area contributed by atoms with Crippen LogP contribution in [0.5, 0.6) is 0 Å². The van der Waals surface area contributed by atoms with Crippen LogP contribution >= 0.6 is 0 Å². The van der Waals surface area contributed by atoms with Crippen molar-refractivity contribution in [2.75, 3.05) is 0 Å². The molecule has 1 atom stereocenters. The first-order valence-electron chi connectivity index (χ1n) is 4.87. The van der Waals surface area contributed by atoms with Crippen molar-refractivity contribution in [1.82, 2.24) is 9.78 Å². The van der Waals surface area contributed by atoms with E-state index in [-0.39, 0.29) is 0 Å². The third-order valence-corrected chi connectivity index (χ3v) is 2.86. The predicted octanol–water partition coefficient (Wildman–Crippen LogP) is 1.24. The van der Waals surface area contributed by atoms with Crippen LogP contribution in [-0.2, 0) is 19.9 Å². The minimum Gasteiger partial charge on any atom is -0.477 e. The SMILES string of the molecule is CC1CCc2c(nn(C)c2C(=O)O)C1. The third-order valence-electron chi connectivity index (χ3n) is 2.86. The Bertz CT molecular complexity index is 382. The van der Waals surface area contributed by atoms with Gasteiger partial charge in [-0.25, -0.2) is 4.79 Å². The van der Waals surface area contributed by atoms with Crippen LogP contribution in [-0.4, -0.2) is 20.9 Å². The molecule has 14 heavy (non-hydrogen) atoms. The molecule has 1 aliphatic carbocycles. The molecule has 0 aliphatic heterocycles. The summed E-state index contributed by atoms with van der Waals surface area (Å²) < 4.78 is 1.49. The molecule has 4 heteroatoms. The van der Waals surface area contributed by atoms with Crippen LogP contribution in [0.25, 0.3) is 0 Å². The lowest BCUT2D eigenvalue weighted by Crippen LogP contribution is -2.13. The highest BCUT2D eigenvalue weighted by atomic mass is 16.4. The smallest absolute Gasteiger partial charge is 0.354 e. The maximum absolute atomic E-state index is 11.0. The molecule has 0 radical (unpaired) electrons. The van der Waals surface area contributed by atoms with E-state index in [0.717, 1.165) is 30.5 Å². The molecule has 1 heterocycles. The number of carbonyl (C=O) groups is 1. The summed E-state index contributed by atoms with van der Waals surface area (Å²) >= 11 is 0. The Morgan fingerprint density at radius 1 is 1.64 bits per heavy atom. The van der Waals surface area contributed by atoms with E-state index in [1.165, 1.54) is 4.68 Å². The molecule has 0 spiro atoms. The van der Waals surface area contributed by atoms with Gasteiger partial charge in [0.15, 0.2) is 0 Å². The lowest BCUT2D eigenvalue weighted by Gasteiger charge is -2.16. The Kier molecular flexibility index (Phi) is 2.06. The molecule has 0 fully saturated rings. The van der Waals surface area contributed by atoms with E-state index in [2.05, 4.69) is 12.0 Å². The summed E-state index contributed by atoms with van der Waals surface area (Å²) in [5.41, 5.74) is 2.29. The van der Waals surface area contributed by atoms with Gasteiger partial charge in [-0.3, -0.25) is 4.68 Å². The number of nitrogens with zero attached hydrogens (tertiary/aromatic N) is 2. The van der Waals surface area contributed by atoms with E-state index in [4.69, 9.17) is 5.11 Å². The first-order chi connectivity index (χ1) is 6.59. The summed E-state index contributed by atoms with van der Waals surface area (Å²) in [4.78, 5) is 11.0. The van der Waals surface area contributed by atoms with E-state index < -0.39 is 5.97 Å². The summed E-state index contributed by atoms with van der Waals surface area (Å²) in [5.74, 6) is -0.241. The van der Waals surface area contributed by atoms with Crippen LogP contribution in [0, 0.1) is 5.92 Å². The van der Waals surface area contributed by atoms with Crippen molar-refractivity contribution in [1.29, 1.82) is 0 Å². The summed E-state index contributed by atoms with van der Waals surface area (Å²) in [6.07, 6.45) is 2.83. The molecule has 1 N–H and O–H groups in total. The van der Waals surface area contributed by atoms with Gasteiger partial charge in [0.05, 0.1) is 5.69 Å². The van der Waals surface area contributed by atoms with E-state index in [9.17, 15) is 4.79 Å². The number of carboxylic acid groups (broad SMARTS) is 1. The molecule has 4 nitrogen and oxygen atoms in total. The van der Waals surface area contributed by atoms with Gasteiger partial charge in [-0.05, 0) is 25.2 Å². The number of aromatic carboxylic acids is 1. The van der Waals surface area contributed by atoms with Crippen molar-refractivity contribution in [3.05, 3.63) is 17.0 Å². The summed E-state index contributed by atoms with van der Waals surface area (Å²) in [6, 6.07) is 0. The molecule has 0 saturated carbocycles. The molecule has 2 rings (SSSR count). The van der Waals surface area contributed by atoms with Gasteiger partial charge in [-0.2, -0.15) is 5.10 Å². The summed E-state index contributed by atoms with van der Waals surface area (Å²) in [5, 5.41) is 13.3. The van der Waals surface area contributed by atoms with E-state index in [1.54, 1.807) is 7.05 Å². The monoisotopic (exact) mass is 194 g/mol. The van der Waals surface area contributed by atoms with E-state index in [1.807, 2.05) is 0 Å². The molecule has 0 amide bonds. The average Bonchev–Trinajstić information content (AvgIpc) is 2.39. The number of aryl methyl sites for hydroxylation is 1. The molecular formula is C10H14N2O2. The highest BCUT2D eigenvalue weighted by Gasteiger charge is 2.25. The molecule has 1 aliphatic rings. The highest BCUT2D eigenvalue weighted by molar-refractivity contribution is 5.87. The highest BCUT2D eigenvalue weighted by Crippen LogP contribution is 2.26. The van der Waals surface area contributed by atoms with Crippen molar-refractivity contribution in [3.8, 4) is 0 Å². The van der Waals surface area contributed by atoms with E-state index in [0.29, 0.717) is 11.6 Å². The van der Waals surface area contributed by atoms with Gasteiger partial charge < -0.3 is 5.11 Å². The predicted molar refractivity (Wildman–Crippen MR) is 51.4 cm³/mol. The minimum absolute atomic E-state index is 0.368. The van der Waals surface area contributed by atoms with E-state index >= 15 is 0 Å². The van der Waals surface area contributed by atoms with Crippen molar-refractivity contribution < 1.29 is 9.90 Å². The lowest BCUT2D eigenvalue weighted by atomic mass is 9.88. The zero-order valence-electron chi connectivity index (χ0n) is 8.45. The second-order valence-electron chi connectivity index (χ2n) is 4.05. The van der Waals surface area contributed by atoms with Crippen molar-refractivity contribution >= 4 is 5.97 Å². The maximum atomic E-state index is 11.0. The van der Waals surface area contributed by atoms with Gasteiger partial charge in [0.25, 0.3) is 0 Å². The maximum Gasteiger partial charge on any atom is 0.354 e. The number of rotatable bonds is 1. The molecule has 76 valence electrons. The molecule has 0 saturated heterocycles. The molecule has 1 aromatic rings. The Morgan fingerprint density at radius 3 is 3.00 bits per heavy atom. The number of aromatic nitrogens is 2. The topological polar surface area (TPSA) is 55.1 Å². The van der Waals surface area contributed by atoms with Crippen LogP contribution in [0.1, 0.15) is 35.1 Å². The molecular weight excluding hydrogens is 180 g/mol. The quantitative estimate of drug-likeness (QED) is 0.731.